The summed E-state index contributed by atoms with van der Waals surface area (Å²) in [6.07, 6.45) is 2.00. The number of ether oxygens (including phenoxy) is 1. The van der Waals surface area contributed by atoms with E-state index in [1.54, 1.807) is 18.1 Å². The van der Waals surface area contributed by atoms with Gasteiger partial charge >= 0.3 is 0 Å². The van der Waals surface area contributed by atoms with Gasteiger partial charge in [-0.15, -0.1) is 0 Å². The first-order valence-electron chi connectivity index (χ1n) is 8.64. The van der Waals surface area contributed by atoms with E-state index in [-0.39, 0.29) is 11.8 Å². The van der Waals surface area contributed by atoms with Crippen LogP contribution in [0.25, 0.3) is 0 Å². The third kappa shape index (κ3) is 3.66. The van der Waals surface area contributed by atoms with Crippen molar-refractivity contribution in [2.75, 3.05) is 38.3 Å². The number of para-hydroxylation sites is 1. The Balaban J connectivity index is 1.70. The fraction of sp³-hybridized carbons (Fsp3) is 0.556. The highest BCUT2D eigenvalue weighted by Gasteiger charge is 2.43. The van der Waals surface area contributed by atoms with Crippen molar-refractivity contribution in [3.63, 3.8) is 0 Å². The van der Waals surface area contributed by atoms with Crippen LogP contribution in [0.15, 0.2) is 24.3 Å². The van der Waals surface area contributed by atoms with Crippen molar-refractivity contribution in [3.8, 4) is 0 Å². The number of carbonyl (C=O) groups excluding carboxylic acids is 2. The first kappa shape index (κ1) is 18.2. The van der Waals surface area contributed by atoms with E-state index in [2.05, 4.69) is 10.6 Å². The molecule has 2 aliphatic rings. The number of rotatable bonds is 5. The topological polar surface area (TPSA) is 70.7 Å². The predicted octanol–water partition coefficient (Wildman–Crippen LogP) is 1.58. The molecular weight excluding hydrogens is 342 g/mol. The summed E-state index contributed by atoms with van der Waals surface area (Å²) in [6.45, 7) is 2.48. The second-order valence-corrected chi connectivity index (χ2v) is 7.13. The second-order valence-electron chi connectivity index (χ2n) is 6.72. The zero-order chi connectivity index (χ0) is 17.9. The number of methoxy groups -OCH3 is 1. The number of hydrogen-bond acceptors (Lipinski definition) is 4. The Morgan fingerprint density at radius 3 is 2.80 bits per heavy atom. The molecule has 0 spiro atoms. The van der Waals surface area contributed by atoms with Gasteiger partial charge in [0.2, 0.25) is 11.8 Å². The minimum Gasteiger partial charge on any atom is -0.384 e. The zero-order valence-electron chi connectivity index (χ0n) is 14.4. The third-order valence-electron chi connectivity index (χ3n) is 5.12. The van der Waals surface area contributed by atoms with Crippen LogP contribution in [0.5, 0.6) is 0 Å². The zero-order valence-corrected chi connectivity index (χ0v) is 15.1. The van der Waals surface area contributed by atoms with Crippen molar-refractivity contribution in [2.24, 2.45) is 5.41 Å². The summed E-state index contributed by atoms with van der Waals surface area (Å²) in [5, 5.41) is 6.77. The molecule has 0 radical (unpaired) electrons. The third-order valence-corrected chi connectivity index (χ3v) is 5.44. The molecule has 1 unspecified atom stereocenters. The Morgan fingerprint density at radius 2 is 2.12 bits per heavy atom. The van der Waals surface area contributed by atoms with Crippen molar-refractivity contribution < 1.29 is 14.3 Å². The predicted molar refractivity (Wildman–Crippen MR) is 96.8 cm³/mol. The van der Waals surface area contributed by atoms with Gasteiger partial charge in [0.15, 0.2) is 0 Å². The molecule has 0 aliphatic carbocycles. The van der Waals surface area contributed by atoms with Crippen LogP contribution < -0.4 is 15.5 Å². The van der Waals surface area contributed by atoms with Crippen LogP contribution in [-0.2, 0) is 14.3 Å². The van der Waals surface area contributed by atoms with Crippen molar-refractivity contribution >= 4 is 29.1 Å². The SMILES string of the molecule is COCC1(C(=O)NC2CCN(c3ccccc3Cl)C2=O)CCNCC1. The molecule has 1 atom stereocenters. The van der Waals surface area contributed by atoms with Crippen molar-refractivity contribution in [2.45, 2.75) is 25.3 Å². The number of nitrogens with one attached hydrogen (secondary N) is 2. The molecule has 3 rings (SSSR count). The van der Waals surface area contributed by atoms with E-state index in [1.807, 2.05) is 18.2 Å². The lowest BCUT2D eigenvalue weighted by Gasteiger charge is -2.36. The van der Waals surface area contributed by atoms with E-state index in [4.69, 9.17) is 16.3 Å². The number of amides is 2. The number of carbonyl (C=O) groups is 2. The molecule has 7 heteroatoms. The second kappa shape index (κ2) is 7.72. The molecule has 2 amide bonds. The van der Waals surface area contributed by atoms with E-state index >= 15 is 0 Å². The van der Waals surface area contributed by atoms with Gasteiger partial charge in [0.05, 0.1) is 22.7 Å². The highest BCUT2D eigenvalue weighted by molar-refractivity contribution is 6.34. The van der Waals surface area contributed by atoms with Crippen LogP contribution in [-0.4, -0.2) is 51.2 Å². The number of hydrogen-bond donors (Lipinski definition) is 2. The van der Waals surface area contributed by atoms with Crippen LogP contribution in [0.1, 0.15) is 19.3 Å². The van der Waals surface area contributed by atoms with Gasteiger partial charge in [-0.1, -0.05) is 23.7 Å². The summed E-state index contributed by atoms with van der Waals surface area (Å²) < 4.78 is 5.30. The van der Waals surface area contributed by atoms with Gasteiger partial charge in [-0.25, -0.2) is 0 Å². The highest BCUT2D eigenvalue weighted by atomic mass is 35.5. The maximum atomic E-state index is 12.9. The Hall–Kier alpha value is -1.63. The lowest BCUT2D eigenvalue weighted by molar-refractivity contribution is -0.138. The lowest BCUT2D eigenvalue weighted by atomic mass is 9.78. The van der Waals surface area contributed by atoms with Crippen LogP contribution >= 0.6 is 11.6 Å². The Kier molecular flexibility index (Phi) is 5.61. The van der Waals surface area contributed by atoms with E-state index < -0.39 is 11.5 Å². The fourth-order valence-corrected chi connectivity index (χ4v) is 3.89. The van der Waals surface area contributed by atoms with E-state index in [1.165, 1.54) is 0 Å². The Bertz CT molecular complexity index is 641. The number of halogens is 1. The molecule has 0 saturated carbocycles. The minimum absolute atomic E-state index is 0.0878. The first-order valence-corrected chi connectivity index (χ1v) is 9.02. The minimum atomic E-state index is -0.557. The van der Waals surface area contributed by atoms with E-state index in [0.717, 1.165) is 13.1 Å². The molecule has 0 bridgehead atoms. The van der Waals surface area contributed by atoms with Gasteiger partial charge in [0.1, 0.15) is 6.04 Å². The monoisotopic (exact) mass is 365 g/mol. The smallest absolute Gasteiger partial charge is 0.249 e. The van der Waals surface area contributed by atoms with Gasteiger partial charge in [-0.2, -0.15) is 0 Å². The van der Waals surface area contributed by atoms with Crippen LogP contribution in [0.3, 0.4) is 0 Å². The summed E-state index contributed by atoms with van der Waals surface area (Å²) >= 11 is 6.20. The molecule has 2 saturated heterocycles. The average Bonchev–Trinajstić information content (AvgIpc) is 2.97. The van der Waals surface area contributed by atoms with Crippen LogP contribution in [0.2, 0.25) is 5.02 Å². The number of anilines is 1. The molecule has 2 fully saturated rings. The van der Waals surface area contributed by atoms with E-state index in [9.17, 15) is 9.59 Å². The molecular formula is C18H24ClN3O3. The highest BCUT2D eigenvalue weighted by Crippen LogP contribution is 2.32. The molecule has 2 heterocycles. The summed E-state index contributed by atoms with van der Waals surface area (Å²) in [6, 6.07) is 6.76. The molecule has 1 aromatic rings. The average molecular weight is 366 g/mol. The van der Waals surface area contributed by atoms with Gasteiger partial charge in [-0.3, -0.25) is 9.59 Å². The molecule has 6 nitrogen and oxygen atoms in total. The summed E-state index contributed by atoms with van der Waals surface area (Å²) in [4.78, 5) is 27.3. The number of piperidine rings is 1. The molecule has 2 N–H and O–H groups in total. The van der Waals surface area contributed by atoms with Crippen LogP contribution in [0.4, 0.5) is 5.69 Å². The molecule has 0 aromatic heterocycles. The summed E-state index contributed by atoms with van der Waals surface area (Å²) in [5.74, 6) is -0.196. The van der Waals surface area contributed by atoms with Crippen molar-refractivity contribution in [1.82, 2.24) is 10.6 Å². The standard InChI is InChI=1S/C18H24ClN3O3/c1-25-12-18(7-9-20-10-8-18)17(24)21-14-6-11-22(16(14)23)15-5-3-2-4-13(15)19/h2-5,14,20H,6-12H2,1H3,(H,21,24). The number of nitrogens with zero attached hydrogens (tertiary/aromatic N) is 1. The largest absolute Gasteiger partial charge is 0.384 e. The lowest BCUT2D eigenvalue weighted by Crippen LogP contribution is -2.53. The van der Waals surface area contributed by atoms with Crippen LogP contribution in [0, 0.1) is 5.41 Å². The van der Waals surface area contributed by atoms with Crippen molar-refractivity contribution in [1.29, 1.82) is 0 Å². The maximum absolute atomic E-state index is 12.9. The number of benzene rings is 1. The molecule has 2 aliphatic heterocycles. The summed E-state index contributed by atoms with van der Waals surface area (Å²) in [5.41, 5.74) is 0.136. The quantitative estimate of drug-likeness (QED) is 0.831. The molecule has 25 heavy (non-hydrogen) atoms. The Labute approximate surface area is 152 Å². The van der Waals surface area contributed by atoms with Gasteiger partial charge in [-0.05, 0) is 44.5 Å². The summed E-state index contributed by atoms with van der Waals surface area (Å²) in [7, 11) is 1.61. The fourth-order valence-electron chi connectivity index (χ4n) is 3.65. The van der Waals surface area contributed by atoms with Crippen molar-refractivity contribution in [3.05, 3.63) is 29.3 Å². The van der Waals surface area contributed by atoms with E-state index in [0.29, 0.717) is 43.1 Å². The maximum Gasteiger partial charge on any atom is 0.249 e. The first-order chi connectivity index (χ1) is 12.1. The Morgan fingerprint density at radius 1 is 1.40 bits per heavy atom. The normalized spacial score (nSPS) is 22.9. The van der Waals surface area contributed by atoms with Gasteiger partial charge in [0.25, 0.3) is 0 Å². The van der Waals surface area contributed by atoms with Gasteiger partial charge < -0.3 is 20.3 Å². The molecule has 136 valence electrons. The van der Waals surface area contributed by atoms with Gasteiger partial charge in [0, 0.05) is 13.7 Å². The molecule has 1 aromatic carbocycles.